The number of carbonyl (C=O) groups is 2. The van der Waals surface area contributed by atoms with Crippen molar-refractivity contribution in [3.8, 4) is 0 Å². The smallest absolute Gasteiger partial charge is 0.373 e. The first-order chi connectivity index (χ1) is 12.9. The first-order valence-corrected chi connectivity index (χ1v) is 9.55. The van der Waals surface area contributed by atoms with E-state index in [-0.39, 0.29) is 24.9 Å². The maximum Gasteiger partial charge on any atom is 0.373 e. The number of hydrogen-bond acceptors (Lipinski definition) is 7. The zero-order valence-corrected chi connectivity index (χ0v) is 17.0. The van der Waals surface area contributed by atoms with Crippen LogP contribution in [-0.4, -0.2) is 61.4 Å². The molecule has 1 saturated heterocycles. The van der Waals surface area contributed by atoms with Gasteiger partial charge < -0.3 is 29.7 Å². The highest BCUT2D eigenvalue weighted by Crippen LogP contribution is 2.03. The van der Waals surface area contributed by atoms with Crippen molar-refractivity contribution in [2.45, 2.75) is 65.6 Å². The minimum Gasteiger partial charge on any atom is -0.460 e. The van der Waals surface area contributed by atoms with Gasteiger partial charge in [0.15, 0.2) is 12.0 Å². The lowest BCUT2D eigenvalue weighted by Gasteiger charge is -2.14. The zero-order chi connectivity index (χ0) is 20.9. The molecule has 8 nitrogen and oxygen atoms in total. The standard InChI is InChI=1S/C9H16O4.C6H14O2.C4H7NO/c1-5-11-8(4)13-7(3)9(10)12-6-2;7-5-3-1-2-4-6-8;6-4-2-1-3-5-4/h8H,3,5-6H2,1-2,4H3;7-8H,1-6H2;1-3H2,(H,5,6). The Bertz CT molecular complexity index is 374. The number of amides is 1. The molecule has 1 aliphatic rings. The second-order valence-electron chi connectivity index (χ2n) is 5.60. The summed E-state index contributed by atoms with van der Waals surface area (Å²) in [6.07, 6.45) is 5.12. The number of unbranched alkanes of at least 4 members (excludes halogenated alkanes) is 3. The van der Waals surface area contributed by atoms with Gasteiger partial charge in [-0.1, -0.05) is 12.8 Å². The Morgan fingerprint density at radius 1 is 1.15 bits per heavy atom. The Morgan fingerprint density at radius 3 is 2.07 bits per heavy atom. The molecule has 0 aromatic carbocycles. The molecule has 0 radical (unpaired) electrons. The molecule has 0 bridgehead atoms. The van der Waals surface area contributed by atoms with Gasteiger partial charge in [-0.05, 0) is 46.6 Å². The average Bonchev–Trinajstić information content (AvgIpc) is 3.11. The van der Waals surface area contributed by atoms with Crippen LogP contribution in [0.4, 0.5) is 0 Å². The molecule has 0 aliphatic carbocycles. The lowest BCUT2D eigenvalue weighted by atomic mass is 10.2. The van der Waals surface area contributed by atoms with Crippen molar-refractivity contribution in [3.63, 3.8) is 0 Å². The largest absolute Gasteiger partial charge is 0.460 e. The van der Waals surface area contributed by atoms with Gasteiger partial charge in [0.05, 0.1) is 6.61 Å². The molecule has 3 N–H and O–H groups in total. The topological polar surface area (TPSA) is 114 Å². The highest BCUT2D eigenvalue weighted by Gasteiger charge is 2.12. The Morgan fingerprint density at radius 2 is 1.74 bits per heavy atom. The molecule has 1 heterocycles. The van der Waals surface area contributed by atoms with Gasteiger partial charge in [-0.3, -0.25) is 4.79 Å². The summed E-state index contributed by atoms with van der Waals surface area (Å²) < 4.78 is 14.7. The molecular weight excluding hydrogens is 354 g/mol. The van der Waals surface area contributed by atoms with E-state index in [0.717, 1.165) is 45.1 Å². The fraction of sp³-hybridized carbons (Fsp3) is 0.789. The number of esters is 1. The molecule has 1 fully saturated rings. The fourth-order valence-corrected chi connectivity index (χ4v) is 1.87. The molecule has 1 atom stereocenters. The van der Waals surface area contributed by atoms with Crippen molar-refractivity contribution in [1.29, 1.82) is 0 Å². The van der Waals surface area contributed by atoms with Crippen LogP contribution in [0, 0.1) is 0 Å². The van der Waals surface area contributed by atoms with Crippen molar-refractivity contribution in [2.24, 2.45) is 0 Å². The Hall–Kier alpha value is -1.64. The molecule has 1 amide bonds. The van der Waals surface area contributed by atoms with E-state index in [1.54, 1.807) is 13.8 Å². The number of hydrogen-bond donors (Lipinski definition) is 3. The van der Waals surface area contributed by atoms with E-state index in [1.165, 1.54) is 0 Å². The number of nitrogens with one attached hydrogen (secondary N) is 1. The van der Waals surface area contributed by atoms with E-state index < -0.39 is 12.3 Å². The van der Waals surface area contributed by atoms with E-state index in [9.17, 15) is 9.59 Å². The third-order valence-corrected chi connectivity index (χ3v) is 3.18. The SMILES string of the molecule is C=C(OC(C)OCC)C(=O)OCC.O=C1CCCN1.OCCCCCCO. The van der Waals surface area contributed by atoms with Crippen molar-refractivity contribution >= 4 is 11.9 Å². The van der Waals surface area contributed by atoms with Gasteiger partial charge in [0.1, 0.15) is 0 Å². The van der Waals surface area contributed by atoms with Crippen molar-refractivity contribution in [2.75, 3.05) is 33.0 Å². The summed E-state index contributed by atoms with van der Waals surface area (Å²) in [5.74, 6) is -0.369. The quantitative estimate of drug-likeness (QED) is 0.162. The van der Waals surface area contributed by atoms with Gasteiger partial charge >= 0.3 is 5.97 Å². The molecule has 0 spiro atoms. The number of aliphatic hydroxyl groups excluding tert-OH is 2. The molecule has 1 unspecified atom stereocenters. The molecular formula is C19H37NO7. The molecule has 1 rings (SSSR count). The van der Waals surface area contributed by atoms with E-state index >= 15 is 0 Å². The Balaban J connectivity index is 0. The number of rotatable bonds is 11. The van der Waals surface area contributed by atoms with Crippen LogP contribution in [0.3, 0.4) is 0 Å². The maximum absolute atomic E-state index is 11.0. The van der Waals surface area contributed by atoms with E-state index in [4.69, 9.17) is 19.7 Å². The second kappa shape index (κ2) is 20.7. The lowest BCUT2D eigenvalue weighted by molar-refractivity contribution is -0.152. The molecule has 27 heavy (non-hydrogen) atoms. The maximum atomic E-state index is 11.0. The summed E-state index contributed by atoms with van der Waals surface area (Å²) in [5.41, 5.74) is 0. The van der Waals surface area contributed by atoms with Crippen LogP contribution in [0.1, 0.15) is 59.3 Å². The van der Waals surface area contributed by atoms with Gasteiger partial charge in [0.2, 0.25) is 5.91 Å². The van der Waals surface area contributed by atoms with Crippen LogP contribution < -0.4 is 5.32 Å². The minimum absolute atomic E-state index is 0.0252. The van der Waals surface area contributed by atoms with Crippen LogP contribution in [0.5, 0.6) is 0 Å². The summed E-state index contributed by atoms with van der Waals surface area (Å²) in [7, 11) is 0. The normalized spacial score (nSPS) is 13.3. The third kappa shape index (κ3) is 20.5. The van der Waals surface area contributed by atoms with Crippen molar-refractivity contribution < 1.29 is 34.0 Å². The number of carbonyl (C=O) groups excluding carboxylic acids is 2. The first-order valence-electron chi connectivity index (χ1n) is 9.55. The predicted octanol–water partition coefficient (Wildman–Crippen LogP) is 1.89. The molecule has 1 aliphatic heterocycles. The highest BCUT2D eigenvalue weighted by atomic mass is 16.7. The van der Waals surface area contributed by atoms with Crippen molar-refractivity contribution in [3.05, 3.63) is 12.3 Å². The van der Waals surface area contributed by atoms with Gasteiger partial charge in [0.25, 0.3) is 0 Å². The van der Waals surface area contributed by atoms with Crippen LogP contribution in [-0.2, 0) is 23.8 Å². The first kappa shape index (κ1) is 27.6. The van der Waals surface area contributed by atoms with E-state index in [0.29, 0.717) is 13.2 Å². The Kier molecular flexibility index (Phi) is 21.1. The van der Waals surface area contributed by atoms with Gasteiger partial charge in [-0.25, -0.2) is 4.79 Å². The number of aliphatic hydroxyl groups is 2. The molecule has 0 aromatic heterocycles. The molecule has 8 heteroatoms. The zero-order valence-electron chi connectivity index (χ0n) is 17.0. The van der Waals surface area contributed by atoms with Crippen LogP contribution in [0.2, 0.25) is 0 Å². The van der Waals surface area contributed by atoms with Crippen LogP contribution in [0.15, 0.2) is 12.3 Å². The summed E-state index contributed by atoms with van der Waals surface area (Å²) in [4.78, 5) is 21.1. The fourth-order valence-electron chi connectivity index (χ4n) is 1.87. The summed E-state index contributed by atoms with van der Waals surface area (Å²) in [6, 6.07) is 0. The highest BCUT2D eigenvalue weighted by molar-refractivity contribution is 5.85. The van der Waals surface area contributed by atoms with Crippen molar-refractivity contribution in [1.82, 2.24) is 5.32 Å². The monoisotopic (exact) mass is 391 g/mol. The molecule has 160 valence electrons. The minimum atomic E-state index is -0.547. The third-order valence-electron chi connectivity index (χ3n) is 3.18. The second-order valence-corrected chi connectivity index (χ2v) is 5.60. The molecule has 0 aromatic rings. The lowest BCUT2D eigenvalue weighted by Crippen LogP contribution is -2.17. The summed E-state index contributed by atoms with van der Waals surface area (Å²) >= 11 is 0. The number of ether oxygens (including phenoxy) is 3. The van der Waals surface area contributed by atoms with Gasteiger partial charge in [0, 0.05) is 32.8 Å². The van der Waals surface area contributed by atoms with Crippen LogP contribution in [0.25, 0.3) is 0 Å². The van der Waals surface area contributed by atoms with E-state index in [1.807, 2.05) is 6.92 Å². The average molecular weight is 392 g/mol. The van der Waals surface area contributed by atoms with E-state index in [2.05, 4.69) is 16.6 Å². The van der Waals surface area contributed by atoms with Crippen LogP contribution >= 0.6 is 0 Å². The molecule has 0 saturated carbocycles. The predicted molar refractivity (Wildman–Crippen MR) is 103 cm³/mol. The Labute approximate surface area is 162 Å². The van der Waals surface area contributed by atoms with Gasteiger partial charge in [-0.15, -0.1) is 0 Å². The van der Waals surface area contributed by atoms with Gasteiger partial charge in [-0.2, -0.15) is 0 Å². The summed E-state index contributed by atoms with van der Waals surface area (Å²) in [5, 5.41) is 19.3. The summed E-state index contributed by atoms with van der Waals surface area (Å²) in [6.45, 7) is 11.0.